The first kappa shape index (κ1) is 21.4. The second kappa shape index (κ2) is 9.11. The van der Waals surface area contributed by atoms with Gasteiger partial charge in [-0.1, -0.05) is 42.1 Å². The summed E-state index contributed by atoms with van der Waals surface area (Å²) in [5.74, 6) is 6.49. The van der Waals surface area contributed by atoms with Crippen LogP contribution >= 0.6 is 23.1 Å². The summed E-state index contributed by atoms with van der Waals surface area (Å²) in [5.41, 5.74) is 1.30. The summed E-state index contributed by atoms with van der Waals surface area (Å²) in [5, 5.41) is 11.6. The fourth-order valence-corrected chi connectivity index (χ4v) is 4.83. The Bertz CT molecular complexity index is 1090. The number of nitrogens with one attached hydrogen (secondary N) is 1. The number of nitrogens with two attached hydrogens (primary N) is 1. The number of aromatic nitrogens is 3. The minimum atomic E-state index is -0.490. The maximum Gasteiger partial charge on any atom is 0.341 e. The number of nitrogens with zero attached hydrogens (tertiary/aromatic N) is 3. The van der Waals surface area contributed by atoms with Gasteiger partial charge in [0, 0.05) is 10.8 Å². The monoisotopic (exact) mass is 457 g/mol. The van der Waals surface area contributed by atoms with Crippen LogP contribution < -0.4 is 11.2 Å². The highest BCUT2D eigenvalue weighted by atomic mass is 32.2. The molecule has 1 aliphatic carbocycles. The highest BCUT2D eigenvalue weighted by Crippen LogP contribution is 2.40. The topological polar surface area (TPSA) is 112 Å². The zero-order valence-electron chi connectivity index (χ0n) is 17.2. The van der Waals surface area contributed by atoms with Crippen LogP contribution in [0.1, 0.15) is 48.8 Å². The molecule has 1 amide bonds. The fraction of sp³-hybridized carbons (Fsp3) is 0.333. The summed E-state index contributed by atoms with van der Waals surface area (Å²) in [6, 6.07) is 11.4. The van der Waals surface area contributed by atoms with Gasteiger partial charge in [0.25, 0.3) is 0 Å². The Morgan fingerprint density at radius 1 is 1.32 bits per heavy atom. The lowest BCUT2D eigenvalue weighted by atomic mass is 10.1. The number of carbonyl (C=O) groups excluding carboxylic acids is 2. The van der Waals surface area contributed by atoms with Crippen LogP contribution in [0.25, 0.3) is 10.4 Å². The van der Waals surface area contributed by atoms with E-state index in [0.29, 0.717) is 21.6 Å². The molecule has 0 aliphatic heterocycles. The number of thiophene rings is 1. The van der Waals surface area contributed by atoms with Gasteiger partial charge < -0.3 is 15.9 Å². The first-order valence-corrected chi connectivity index (χ1v) is 11.7. The number of thioether (sulfide) groups is 1. The van der Waals surface area contributed by atoms with E-state index >= 15 is 0 Å². The molecule has 0 bridgehead atoms. The van der Waals surface area contributed by atoms with E-state index in [4.69, 9.17) is 10.6 Å². The first-order valence-electron chi connectivity index (χ1n) is 10.0. The summed E-state index contributed by atoms with van der Waals surface area (Å²) in [6.45, 7) is 3.77. The Kier molecular flexibility index (Phi) is 6.28. The van der Waals surface area contributed by atoms with Crippen molar-refractivity contribution in [1.29, 1.82) is 0 Å². The minimum absolute atomic E-state index is 0.254. The molecule has 1 aromatic carbocycles. The normalized spacial score (nSPS) is 14.3. The van der Waals surface area contributed by atoms with Crippen LogP contribution in [0.4, 0.5) is 5.00 Å². The molecule has 8 nitrogen and oxygen atoms in total. The molecule has 162 valence electrons. The van der Waals surface area contributed by atoms with Gasteiger partial charge in [-0.25, -0.2) is 9.47 Å². The van der Waals surface area contributed by atoms with Crippen molar-refractivity contribution in [2.24, 2.45) is 0 Å². The van der Waals surface area contributed by atoms with Crippen LogP contribution in [0.3, 0.4) is 0 Å². The van der Waals surface area contributed by atoms with Crippen molar-refractivity contribution in [2.75, 3.05) is 17.8 Å². The SMILES string of the molecule is CCOC(=O)c1cc(-c2ccccc2)sc1NC(=O)C(C)Sc1nnc(C2CC2)n1N. The lowest BCUT2D eigenvalue weighted by Gasteiger charge is -2.11. The van der Waals surface area contributed by atoms with Crippen LogP contribution in [0.5, 0.6) is 0 Å². The van der Waals surface area contributed by atoms with Crippen LogP contribution in [0.2, 0.25) is 0 Å². The van der Waals surface area contributed by atoms with Crippen molar-refractivity contribution in [1.82, 2.24) is 14.9 Å². The van der Waals surface area contributed by atoms with Crippen molar-refractivity contribution in [3.63, 3.8) is 0 Å². The van der Waals surface area contributed by atoms with E-state index in [9.17, 15) is 9.59 Å². The van der Waals surface area contributed by atoms with Gasteiger partial charge in [-0.05, 0) is 38.3 Å². The van der Waals surface area contributed by atoms with Crippen molar-refractivity contribution in [3.05, 3.63) is 47.8 Å². The minimum Gasteiger partial charge on any atom is -0.462 e. The number of ether oxygens (including phenoxy) is 1. The van der Waals surface area contributed by atoms with E-state index in [-0.39, 0.29) is 12.5 Å². The molecule has 2 aromatic heterocycles. The van der Waals surface area contributed by atoms with Gasteiger partial charge in [-0.2, -0.15) is 0 Å². The molecule has 1 fully saturated rings. The second-order valence-corrected chi connectivity index (χ2v) is 9.53. The molecular formula is C21H23N5O3S2. The van der Waals surface area contributed by atoms with Gasteiger partial charge in [0.05, 0.1) is 17.4 Å². The van der Waals surface area contributed by atoms with Gasteiger partial charge in [-0.3, -0.25) is 4.79 Å². The molecule has 0 spiro atoms. The van der Waals surface area contributed by atoms with E-state index < -0.39 is 11.2 Å². The van der Waals surface area contributed by atoms with Crippen molar-refractivity contribution < 1.29 is 14.3 Å². The Morgan fingerprint density at radius 2 is 2.06 bits per heavy atom. The largest absolute Gasteiger partial charge is 0.462 e. The molecule has 1 unspecified atom stereocenters. The number of benzene rings is 1. The Hall–Kier alpha value is -2.85. The molecular weight excluding hydrogens is 434 g/mol. The maximum absolute atomic E-state index is 12.9. The maximum atomic E-state index is 12.9. The van der Waals surface area contributed by atoms with E-state index in [1.807, 2.05) is 30.3 Å². The molecule has 10 heteroatoms. The van der Waals surface area contributed by atoms with Crippen LogP contribution in [0, 0.1) is 0 Å². The average Bonchev–Trinajstić information content (AvgIpc) is 3.42. The second-order valence-electron chi connectivity index (χ2n) is 7.17. The summed E-state index contributed by atoms with van der Waals surface area (Å²) in [6.07, 6.45) is 2.13. The van der Waals surface area contributed by atoms with Crippen molar-refractivity contribution >= 4 is 40.0 Å². The zero-order chi connectivity index (χ0) is 22.0. The molecule has 3 aromatic rings. The number of anilines is 1. The number of carbonyl (C=O) groups is 2. The van der Waals surface area contributed by atoms with Gasteiger partial charge in [-0.15, -0.1) is 21.5 Å². The smallest absolute Gasteiger partial charge is 0.341 e. The Morgan fingerprint density at radius 3 is 2.74 bits per heavy atom. The van der Waals surface area contributed by atoms with Gasteiger partial charge in [0.2, 0.25) is 11.1 Å². The summed E-state index contributed by atoms with van der Waals surface area (Å²) < 4.78 is 6.64. The van der Waals surface area contributed by atoms with Crippen LogP contribution in [-0.2, 0) is 9.53 Å². The highest BCUT2D eigenvalue weighted by Gasteiger charge is 2.31. The summed E-state index contributed by atoms with van der Waals surface area (Å²) in [4.78, 5) is 26.2. The molecule has 2 heterocycles. The average molecular weight is 458 g/mol. The number of amides is 1. The molecule has 0 saturated heterocycles. The van der Waals surface area contributed by atoms with Gasteiger partial charge >= 0.3 is 5.97 Å². The lowest BCUT2D eigenvalue weighted by molar-refractivity contribution is -0.115. The van der Waals surface area contributed by atoms with Crippen LogP contribution in [-0.4, -0.2) is 38.6 Å². The van der Waals surface area contributed by atoms with E-state index in [0.717, 1.165) is 29.1 Å². The summed E-state index contributed by atoms with van der Waals surface area (Å²) >= 11 is 2.57. The van der Waals surface area contributed by atoms with E-state index in [1.165, 1.54) is 27.8 Å². The van der Waals surface area contributed by atoms with Gasteiger partial charge in [0.1, 0.15) is 5.00 Å². The lowest BCUT2D eigenvalue weighted by Crippen LogP contribution is -2.24. The van der Waals surface area contributed by atoms with Gasteiger partial charge in [0.15, 0.2) is 5.82 Å². The quantitative estimate of drug-likeness (QED) is 0.300. The Labute approximate surface area is 188 Å². The Balaban J connectivity index is 1.52. The first-order chi connectivity index (χ1) is 15.0. The molecule has 0 radical (unpaired) electrons. The highest BCUT2D eigenvalue weighted by molar-refractivity contribution is 8.00. The molecule has 1 aliphatic rings. The molecule has 31 heavy (non-hydrogen) atoms. The third-order valence-corrected chi connectivity index (χ3v) is 6.96. The predicted molar refractivity (Wildman–Crippen MR) is 122 cm³/mol. The zero-order valence-corrected chi connectivity index (χ0v) is 18.8. The van der Waals surface area contributed by atoms with Crippen molar-refractivity contribution in [3.8, 4) is 10.4 Å². The van der Waals surface area contributed by atoms with E-state index in [2.05, 4.69) is 15.5 Å². The number of rotatable bonds is 8. The molecule has 3 N–H and O–H groups in total. The molecule has 1 saturated carbocycles. The third-order valence-electron chi connectivity index (χ3n) is 4.81. The number of hydrogen-bond donors (Lipinski definition) is 2. The molecule has 4 rings (SSSR count). The molecule has 1 atom stereocenters. The number of esters is 1. The number of hydrogen-bond acceptors (Lipinski definition) is 8. The standard InChI is InChI=1S/C21H23N5O3S2/c1-3-29-20(28)15-11-16(13-7-5-4-6-8-13)31-19(15)23-18(27)12(2)30-21-25-24-17(26(21)22)14-9-10-14/h4-8,11-12,14H,3,9-10,22H2,1-2H3,(H,23,27). The van der Waals surface area contributed by atoms with Crippen molar-refractivity contribution in [2.45, 2.75) is 43.0 Å². The van der Waals surface area contributed by atoms with Crippen LogP contribution in [0.15, 0.2) is 41.6 Å². The summed E-state index contributed by atoms with van der Waals surface area (Å²) in [7, 11) is 0. The fourth-order valence-electron chi connectivity index (χ4n) is 3.00. The third kappa shape index (κ3) is 4.75. The number of nitrogen functional groups attached to an aromatic ring is 1. The predicted octanol–water partition coefficient (Wildman–Crippen LogP) is 3.89. The van der Waals surface area contributed by atoms with E-state index in [1.54, 1.807) is 19.9 Å².